The first-order chi connectivity index (χ1) is 9.85. The fourth-order valence-corrected chi connectivity index (χ4v) is 2.43. The summed E-state index contributed by atoms with van der Waals surface area (Å²) in [6.07, 6.45) is 0. The number of aromatic nitrogens is 1. The summed E-state index contributed by atoms with van der Waals surface area (Å²) in [4.78, 5) is 26.7. The number of aromatic carboxylic acids is 1. The number of hydrogen-bond acceptors (Lipinski definition) is 5. The van der Waals surface area contributed by atoms with E-state index in [1.165, 1.54) is 16.7 Å². The van der Waals surface area contributed by atoms with Crippen molar-refractivity contribution in [1.29, 1.82) is 0 Å². The molecule has 0 spiro atoms. The van der Waals surface area contributed by atoms with E-state index in [2.05, 4.69) is 15.6 Å². The molecule has 0 aliphatic rings. The number of urea groups is 1. The molecule has 7 nitrogen and oxygen atoms in total. The second-order valence-corrected chi connectivity index (χ2v) is 5.91. The van der Waals surface area contributed by atoms with Crippen molar-refractivity contribution in [3.8, 4) is 0 Å². The SMILES string of the molecule is COCC(NC(=O)NC(C)c1nc(C(=O)O)cs1)C(C)C. The molecule has 0 aliphatic heterocycles. The fraction of sp³-hybridized carbons (Fsp3) is 0.615. The van der Waals surface area contributed by atoms with Crippen molar-refractivity contribution in [1.82, 2.24) is 15.6 Å². The van der Waals surface area contributed by atoms with Crippen LogP contribution >= 0.6 is 11.3 Å². The quantitative estimate of drug-likeness (QED) is 0.713. The van der Waals surface area contributed by atoms with Gasteiger partial charge >= 0.3 is 12.0 Å². The number of carboxylic acids is 1. The lowest BCUT2D eigenvalue weighted by molar-refractivity contribution is 0.0691. The van der Waals surface area contributed by atoms with Crippen LogP contribution in [0.5, 0.6) is 0 Å². The van der Waals surface area contributed by atoms with Crippen LogP contribution in [0.15, 0.2) is 5.38 Å². The number of nitrogens with zero attached hydrogens (tertiary/aromatic N) is 1. The fourth-order valence-electron chi connectivity index (χ4n) is 1.63. The second kappa shape index (κ2) is 7.94. The van der Waals surface area contributed by atoms with Crippen molar-refractivity contribution in [2.75, 3.05) is 13.7 Å². The maximum atomic E-state index is 11.9. The van der Waals surface area contributed by atoms with Gasteiger partial charge < -0.3 is 20.5 Å². The summed E-state index contributed by atoms with van der Waals surface area (Å²) in [6.45, 7) is 6.17. The van der Waals surface area contributed by atoms with Crippen molar-refractivity contribution in [3.63, 3.8) is 0 Å². The molecule has 8 heteroatoms. The topological polar surface area (TPSA) is 101 Å². The van der Waals surface area contributed by atoms with Gasteiger partial charge in [0.1, 0.15) is 5.01 Å². The number of carbonyl (C=O) groups is 2. The van der Waals surface area contributed by atoms with E-state index >= 15 is 0 Å². The van der Waals surface area contributed by atoms with Crippen LogP contribution in [-0.2, 0) is 4.74 Å². The standard InChI is InChI=1S/C13H21N3O4S/c1-7(2)9(5-20-4)16-13(19)14-8(3)11-15-10(6-21-11)12(17)18/h6-9H,5H2,1-4H3,(H,17,18)(H2,14,16,19). The van der Waals surface area contributed by atoms with Crippen LogP contribution in [0.25, 0.3) is 0 Å². The number of nitrogens with one attached hydrogen (secondary N) is 2. The highest BCUT2D eigenvalue weighted by atomic mass is 32.1. The van der Waals surface area contributed by atoms with E-state index in [1.54, 1.807) is 14.0 Å². The van der Waals surface area contributed by atoms with Crippen molar-refractivity contribution >= 4 is 23.3 Å². The largest absolute Gasteiger partial charge is 0.476 e. The smallest absolute Gasteiger partial charge is 0.355 e. The molecule has 1 heterocycles. The zero-order chi connectivity index (χ0) is 16.0. The molecule has 2 atom stereocenters. The number of amides is 2. The molecule has 0 saturated heterocycles. The molecule has 21 heavy (non-hydrogen) atoms. The lowest BCUT2D eigenvalue weighted by Gasteiger charge is -2.22. The van der Waals surface area contributed by atoms with E-state index < -0.39 is 5.97 Å². The zero-order valence-corrected chi connectivity index (χ0v) is 13.4. The molecule has 118 valence electrons. The van der Waals surface area contributed by atoms with Crippen LogP contribution in [0.3, 0.4) is 0 Å². The molecular formula is C13H21N3O4S. The van der Waals surface area contributed by atoms with Gasteiger partial charge in [0, 0.05) is 12.5 Å². The summed E-state index contributed by atoms with van der Waals surface area (Å²) in [5.74, 6) is -0.835. The number of carbonyl (C=O) groups excluding carboxylic acids is 1. The van der Waals surface area contributed by atoms with E-state index in [0.717, 1.165) is 0 Å². The van der Waals surface area contributed by atoms with Crippen molar-refractivity contribution in [2.45, 2.75) is 32.9 Å². The average Bonchev–Trinajstić information content (AvgIpc) is 2.87. The summed E-state index contributed by atoms with van der Waals surface area (Å²) in [6, 6.07) is -0.781. The van der Waals surface area contributed by atoms with Crippen LogP contribution in [-0.4, -0.2) is 41.8 Å². The molecular weight excluding hydrogens is 294 g/mol. The van der Waals surface area contributed by atoms with E-state index in [0.29, 0.717) is 11.6 Å². The van der Waals surface area contributed by atoms with Gasteiger partial charge in [-0.1, -0.05) is 13.8 Å². The van der Waals surface area contributed by atoms with Gasteiger partial charge in [0.2, 0.25) is 0 Å². The lowest BCUT2D eigenvalue weighted by atomic mass is 10.1. The third kappa shape index (κ3) is 5.31. The third-order valence-electron chi connectivity index (χ3n) is 2.93. The minimum Gasteiger partial charge on any atom is -0.476 e. The Hall–Kier alpha value is -1.67. The van der Waals surface area contributed by atoms with Gasteiger partial charge in [-0.3, -0.25) is 0 Å². The number of carboxylic acid groups (broad SMARTS) is 1. The average molecular weight is 315 g/mol. The summed E-state index contributed by atoms with van der Waals surface area (Å²) >= 11 is 1.20. The van der Waals surface area contributed by atoms with Gasteiger partial charge in [0.15, 0.2) is 5.69 Å². The molecule has 1 aromatic rings. The molecule has 2 amide bonds. The van der Waals surface area contributed by atoms with Crippen LogP contribution in [0.1, 0.15) is 42.3 Å². The van der Waals surface area contributed by atoms with Crippen molar-refractivity contribution in [3.05, 3.63) is 16.1 Å². The van der Waals surface area contributed by atoms with E-state index in [9.17, 15) is 9.59 Å². The summed E-state index contributed by atoms with van der Waals surface area (Å²) in [5, 5.41) is 16.4. The molecule has 0 saturated carbocycles. The highest BCUT2D eigenvalue weighted by Crippen LogP contribution is 2.17. The highest BCUT2D eigenvalue weighted by Gasteiger charge is 2.19. The summed E-state index contributed by atoms with van der Waals surface area (Å²) in [7, 11) is 1.58. The highest BCUT2D eigenvalue weighted by molar-refractivity contribution is 7.09. The maximum absolute atomic E-state index is 11.9. The number of methoxy groups -OCH3 is 1. The number of hydrogen-bond donors (Lipinski definition) is 3. The molecule has 3 N–H and O–H groups in total. The summed E-state index contributed by atoms with van der Waals surface area (Å²) < 4.78 is 5.07. The predicted molar refractivity (Wildman–Crippen MR) is 79.7 cm³/mol. The molecule has 2 unspecified atom stereocenters. The normalized spacial score (nSPS) is 13.8. The number of rotatable bonds is 7. The number of thiazole rings is 1. The molecule has 1 aromatic heterocycles. The molecule has 0 fully saturated rings. The van der Waals surface area contributed by atoms with E-state index in [1.807, 2.05) is 13.8 Å². The van der Waals surface area contributed by atoms with Crippen LogP contribution in [0, 0.1) is 5.92 Å². The first-order valence-corrected chi connectivity index (χ1v) is 7.47. The minimum absolute atomic E-state index is 0.0106. The Kier molecular flexibility index (Phi) is 6.57. The Labute approximate surface area is 127 Å². The predicted octanol–water partition coefficient (Wildman–Crippen LogP) is 1.87. The van der Waals surface area contributed by atoms with Crippen molar-refractivity contribution in [2.24, 2.45) is 5.92 Å². The molecule has 0 bridgehead atoms. The third-order valence-corrected chi connectivity index (χ3v) is 3.95. The maximum Gasteiger partial charge on any atom is 0.355 e. The Bertz CT molecular complexity index is 490. The van der Waals surface area contributed by atoms with E-state index in [4.69, 9.17) is 9.84 Å². The van der Waals surface area contributed by atoms with Crippen LogP contribution < -0.4 is 10.6 Å². The Balaban J connectivity index is 2.58. The van der Waals surface area contributed by atoms with Gasteiger partial charge in [-0.15, -0.1) is 11.3 Å². The van der Waals surface area contributed by atoms with E-state index in [-0.39, 0.29) is 29.7 Å². The van der Waals surface area contributed by atoms with Crippen LogP contribution in [0.4, 0.5) is 4.79 Å². The molecule has 0 radical (unpaired) electrons. The van der Waals surface area contributed by atoms with Gasteiger partial charge in [-0.25, -0.2) is 14.6 Å². The second-order valence-electron chi connectivity index (χ2n) is 5.02. The summed E-state index contributed by atoms with van der Waals surface area (Å²) in [5.41, 5.74) is -0.0106. The first kappa shape index (κ1) is 17.4. The van der Waals surface area contributed by atoms with Crippen molar-refractivity contribution < 1.29 is 19.4 Å². The lowest BCUT2D eigenvalue weighted by Crippen LogP contribution is -2.47. The van der Waals surface area contributed by atoms with Gasteiger partial charge in [-0.05, 0) is 12.8 Å². The Morgan fingerprint density at radius 2 is 2.05 bits per heavy atom. The molecule has 0 aliphatic carbocycles. The molecule has 0 aromatic carbocycles. The zero-order valence-electron chi connectivity index (χ0n) is 12.5. The number of ether oxygens (including phenoxy) is 1. The Morgan fingerprint density at radius 1 is 1.38 bits per heavy atom. The van der Waals surface area contributed by atoms with Crippen LogP contribution in [0.2, 0.25) is 0 Å². The molecule has 1 rings (SSSR count). The first-order valence-electron chi connectivity index (χ1n) is 6.59. The monoisotopic (exact) mass is 315 g/mol. The minimum atomic E-state index is -1.07. The van der Waals surface area contributed by atoms with Gasteiger partial charge in [0.25, 0.3) is 0 Å². The van der Waals surface area contributed by atoms with Gasteiger partial charge in [-0.2, -0.15) is 0 Å². The Morgan fingerprint density at radius 3 is 2.52 bits per heavy atom. The van der Waals surface area contributed by atoms with Gasteiger partial charge in [0.05, 0.1) is 18.7 Å².